The highest BCUT2D eigenvalue weighted by Crippen LogP contribution is 2.42. The Morgan fingerprint density at radius 1 is 0.633 bits per heavy atom. The number of fused-ring (bicyclic) bond motifs is 6. The average Bonchev–Trinajstić information content (AvgIpc) is 1.60. The predicted molar refractivity (Wildman–Crippen MR) is 392 cm³/mol. The zero-order chi connectivity index (χ0) is 69.5. The second kappa shape index (κ2) is 31.8. The number of amides is 5. The number of aromatic nitrogens is 7. The molecule has 0 saturated carbocycles. The monoisotopic (exact) mass is 1440 g/mol. The number of nitrogens with zero attached hydrogens (tertiary/aromatic N) is 10. The van der Waals surface area contributed by atoms with Crippen molar-refractivity contribution in [1.29, 1.82) is 0 Å². The van der Waals surface area contributed by atoms with E-state index in [-0.39, 0.29) is 62.4 Å². The SMILES string of the molecule is Cc1ncsc1-c1ccc(CNC(=O)[C@@H]2C[C@@H](O)CN2C(=O)[C@@H](NC(=O)CCCCCCNC(=O)C[C@@H]2N=C(c3ccc(Cl)cc3)c3c(sc(C)c3C)-n3c(C)nnc32)C(C)(C)SCCCCCCNC(=O)C[C@@H]2N=C(c3ccc(Cl)cc3)c3c(sc(C)c3C)-n3c(C)nnc32)cc1. The summed E-state index contributed by atoms with van der Waals surface area (Å²) < 4.78 is 3.24. The van der Waals surface area contributed by atoms with Gasteiger partial charge in [0.25, 0.3) is 0 Å². The molecule has 5 N–H and O–H groups in total. The van der Waals surface area contributed by atoms with Crippen LogP contribution in [0, 0.1) is 48.5 Å². The summed E-state index contributed by atoms with van der Waals surface area (Å²) in [6.07, 6.45) is 5.43. The Hall–Kier alpha value is -7.45. The maximum Gasteiger partial charge on any atom is 0.247 e. The van der Waals surface area contributed by atoms with Gasteiger partial charge < -0.3 is 31.3 Å². The molecule has 1 fully saturated rings. The van der Waals surface area contributed by atoms with Gasteiger partial charge in [0.2, 0.25) is 29.5 Å². The molecule has 0 unspecified atom stereocenters. The predicted octanol–water partition coefficient (Wildman–Crippen LogP) is 12.8. The van der Waals surface area contributed by atoms with Gasteiger partial charge in [-0.05, 0) is 140 Å². The minimum atomic E-state index is -1.02. The summed E-state index contributed by atoms with van der Waals surface area (Å²) in [6, 6.07) is 20.0. The lowest BCUT2D eigenvalue weighted by Gasteiger charge is -2.37. The number of rotatable bonds is 28. The van der Waals surface area contributed by atoms with Crippen molar-refractivity contribution in [1.82, 2.24) is 60.7 Å². The van der Waals surface area contributed by atoms with Gasteiger partial charge in [0.15, 0.2) is 11.6 Å². The molecule has 26 heteroatoms. The molecule has 516 valence electrons. The molecule has 5 amide bonds. The standard InChI is InChI=1S/C72H84Cl2N14O6S4/c1-40-43(4)97-70-60(40)62(48-23-27-51(73)28-24-48)79-54(66-84-82-45(6)87(66)70)35-58(91)75-31-15-11-10-14-18-57(90)81-65(69(94)86-38-53(89)34-56(86)68(93)77-37-47-19-21-50(22-20-47)64-42(3)78-39-95-64)72(8,9)96-33-17-13-12-16-32-76-59(92)36-55-67-85-83-46(7)88(67)71-61(41(2)44(5)98-71)63(80-55)49-25-29-52(74)30-26-49/h19-30,39,53-56,65,89H,10-18,31-38H2,1-9H3,(H,75,91)(H,76,92)(H,77,93)(H,81,90)/t53-,54+,55+,56+,65-/m1/s1. The van der Waals surface area contributed by atoms with Crippen molar-refractivity contribution in [2.75, 3.05) is 25.4 Å². The minimum absolute atomic E-state index is 0.0519. The van der Waals surface area contributed by atoms with Crippen molar-refractivity contribution in [2.24, 2.45) is 9.98 Å². The zero-order valence-corrected chi connectivity index (χ0v) is 61.5. The van der Waals surface area contributed by atoms with Gasteiger partial charge in [-0.3, -0.25) is 43.1 Å². The van der Waals surface area contributed by atoms with Gasteiger partial charge in [-0.15, -0.1) is 54.4 Å². The molecule has 11 rings (SSSR count). The smallest absolute Gasteiger partial charge is 0.247 e. The number of aliphatic hydroxyl groups excluding tert-OH is 1. The lowest BCUT2D eigenvalue weighted by Crippen LogP contribution is -2.59. The summed E-state index contributed by atoms with van der Waals surface area (Å²) in [5.74, 6) is 1.94. The Kier molecular flexibility index (Phi) is 23.3. The van der Waals surface area contributed by atoms with Gasteiger partial charge >= 0.3 is 0 Å². The van der Waals surface area contributed by atoms with Crippen LogP contribution in [0.5, 0.6) is 0 Å². The van der Waals surface area contributed by atoms with Crippen molar-refractivity contribution in [3.05, 3.63) is 166 Å². The lowest BCUT2D eigenvalue weighted by molar-refractivity contribution is -0.142. The normalized spacial score (nSPS) is 16.8. The fourth-order valence-electron chi connectivity index (χ4n) is 12.9. The number of aliphatic imine (C=N–C) groups is 2. The van der Waals surface area contributed by atoms with Crippen LogP contribution in [0.1, 0.15) is 181 Å². The van der Waals surface area contributed by atoms with Gasteiger partial charge in [0, 0.05) is 85.8 Å². The topological polar surface area (TPSA) is 256 Å². The number of nitrogens with one attached hydrogen (secondary N) is 4. The lowest BCUT2D eigenvalue weighted by atomic mass is 9.99. The molecule has 20 nitrogen and oxygen atoms in total. The molecular formula is C72H84Cl2N14O6S4. The van der Waals surface area contributed by atoms with Crippen LogP contribution in [0.3, 0.4) is 0 Å². The summed E-state index contributed by atoms with van der Waals surface area (Å²) in [5.41, 5.74) is 12.3. The van der Waals surface area contributed by atoms with Gasteiger partial charge in [0.1, 0.15) is 45.8 Å². The van der Waals surface area contributed by atoms with Crippen LogP contribution < -0.4 is 21.3 Å². The van der Waals surface area contributed by atoms with Crippen molar-refractivity contribution >= 4 is 110 Å². The molecule has 98 heavy (non-hydrogen) atoms. The molecular weight excluding hydrogens is 1360 g/mol. The summed E-state index contributed by atoms with van der Waals surface area (Å²) in [7, 11) is 0. The van der Waals surface area contributed by atoms with E-state index in [1.165, 1.54) is 4.90 Å². The second-order valence-electron chi connectivity index (χ2n) is 26.0. The number of aliphatic hydroxyl groups is 1. The van der Waals surface area contributed by atoms with Gasteiger partial charge in [-0.25, -0.2) is 4.98 Å². The van der Waals surface area contributed by atoms with Crippen molar-refractivity contribution in [2.45, 2.75) is 181 Å². The molecule has 1 saturated heterocycles. The number of unbranched alkanes of at least 4 members (excludes halogenated alkanes) is 6. The molecule has 0 radical (unpaired) electrons. The molecule has 8 heterocycles. The van der Waals surface area contributed by atoms with E-state index in [1.807, 2.05) is 122 Å². The first kappa shape index (κ1) is 71.8. The number of thiophene rings is 2. The summed E-state index contributed by atoms with van der Waals surface area (Å²) in [5, 5.41) is 44.6. The average molecular weight is 1440 g/mol. The third kappa shape index (κ3) is 16.4. The Labute approximate surface area is 598 Å². The summed E-state index contributed by atoms with van der Waals surface area (Å²) in [6.45, 7) is 19.2. The Bertz CT molecular complexity index is 4290. The van der Waals surface area contributed by atoms with Crippen molar-refractivity contribution < 1.29 is 29.1 Å². The highest BCUT2D eigenvalue weighted by molar-refractivity contribution is 8.00. The first-order chi connectivity index (χ1) is 47.0. The maximum atomic E-state index is 15.0. The third-order valence-corrected chi connectivity index (χ3v) is 23.9. The van der Waals surface area contributed by atoms with Gasteiger partial charge in [-0.1, -0.05) is 97.4 Å². The number of carbonyl (C=O) groups is 5. The van der Waals surface area contributed by atoms with E-state index in [1.54, 1.807) is 45.8 Å². The number of β-amino-alcohol motifs (C(OH)–C–C–N with tert-alkyl or cyclic N) is 1. The van der Waals surface area contributed by atoms with Crippen LogP contribution in [0.25, 0.3) is 20.4 Å². The number of thiazole rings is 1. The number of hydrogen-bond acceptors (Lipinski definition) is 17. The van der Waals surface area contributed by atoms with Crippen molar-refractivity contribution in [3.63, 3.8) is 0 Å². The molecule has 3 aliphatic heterocycles. The third-order valence-electron chi connectivity index (χ3n) is 18.5. The molecule has 0 spiro atoms. The highest BCUT2D eigenvalue weighted by Gasteiger charge is 2.46. The fraction of sp³-hybridized carbons (Fsp3) is 0.444. The number of likely N-dealkylation sites (tertiary alicyclic amines) is 1. The first-order valence-corrected chi connectivity index (χ1v) is 37.8. The van der Waals surface area contributed by atoms with E-state index in [0.29, 0.717) is 65.6 Å². The van der Waals surface area contributed by atoms with Gasteiger partial charge in [0.05, 0.1) is 46.5 Å². The van der Waals surface area contributed by atoms with Gasteiger partial charge in [-0.2, -0.15) is 11.8 Å². The molecule has 8 aromatic rings. The number of carbonyl (C=O) groups excluding carboxylic acids is 5. The van der Waals surface area contributed by atoms with Crippen LogP contribution in [-0.4, -0.2) is 134 Å². The quantitative estimate of drug-likeness (QED) is 0.0287. The summed E-state index contributed by atoms with van der Waals surface area (Å²) >= 11 is 19.1. The second-order valence-corrected chi connectivity index (χ2v) is 31.9. The van der Waals surface area contributed by atoms with Crippen LogP contribution in [0.4, 0.5) is 0 Å². The Morgan fingerprint density at radius 2 is 1.13 bits per heavy atom. The van der Waals surface area contributed by atoms with Crippen LogP contribution >= 0.6 is 69.0 Å². The van der Waals surface area contributed by atoms with E-state index in [2.05, 4.69) is 74.3 Å². The van der Waals surface area contributed by atoms with Crippen LogP contribution in [0.2, 0.25) is 10.0 Å². The number of benzene rings is 3. The van der Waals surface area contributed by atoms with E-state index in [0.717, 1.165) is 124 Å². The molecule has 5 atom stereocenters. The fourth-order valence-corrected chi connectivity index (χ4v) is 17.6. The maximum absolute atomic E-state index is 15.0. The summed E-state index contributed by atoms with van der Waals surface area (Å²) in [4.78, 5) is 90.3. The van der Waals surface area contributed by atoms with E-state index >= 15 is 4.79 Å². The highest BCUT2D eigenvalue weighted by atomic mass is 35.5. The van der Waals surface area contributed by atoms with E-state index in [9.17, 15) is 24.3 Å². The van der Waals surface area contributed by atoms with E-state index < -0.39 is 40.9 Å². The molecule has 0 bridgehead atoms. The molecule has 5 aromatic heterocycles. The number of hydrogen-bond donors (Lipinski definition) is 5. The van der Waals surface area contributed by atoms with Crippen LogP contribution in [-0.2, 0) is 30.5 Å². The largest absolute Gasteiger partial charge is 0.391 e. The minimum Gasteiger partial charge on any atom is -0.391 e. The van der Waals surface area contributed by atoms with Crippen molar-refractivity contribution in [3.8, 4) is 20.4 Å². The first-order valence-electron chi connectivity index (χ1n) is 33.5. The number of aryl methyl sites for hydroxylation is 5. The van der Waals surface area contributed by atoms with Crippen LogP contribution in [0.15, 0.2) is 88.3 Å². The Balaban J connectivity index is 0.676. The number of thioether (sulfide) groups is 1. The van der Waals surface area contributed by atoms with E-state index in [4.69, 9.17) is 33.2 Å². The number of halogens is 2. The molecule has 3 aromatic carbocycles. The molecule has 3 aliphatic rings. The zero-order valence-electron chi connectivity index (χ0n) is 56.8. The molecule has 0 aliphatic carbocycles. The Morgan fingerprint density at radius 3 is 1.64 bits per heavy atom.